The summed E-state index contributed by atoms with van der Waals surface area (Å²) >= 11 is 1.69. The number of nitrogen functional groups attached to an aromatic ring is 1. The molecule has 0 unspecified atom stereocenters. The maximum absolute atomic E-state index is 6.01. The molecule has 0 atom stereocenters. The normalized spacial score (nSPS) is 17.8. The van der Waals surface area contributed by atoms with Crippen molar-refractivity contribution < 1.29 is 0 Å². The van der Waals surface area contributed by atoms with Crippen molar-refractivity contribution >= 4 is 16.3 Å². The Balaban J connectivity index is 2.15. The second kappa shape index (κ2) is 4.30. The van der Waals surface area contributed by atoms with Gasteiger partial charge in [-0.3, -0.25) is 0 Å². The van der Waals surface area contributed by atoms with E-state index >= 15 is 0 Å². The number of nitrogens with two attached hydrogens (primary N) is 1. The molecule has 2 rings (SSSR count). The van der Waals surface area contributed by atoms with Crippen LogP contribution in [-0.2, 0) is 6.42 Å². The Morgan fingerprint density at radius 2 is 2.14 bits per heavy atom. The molecule has 3 heteroatoms. The van der Waals surface area contributed by atoms with E-state index in [0.29, 0.717) is 5.92 Å². The summed E-state index contributed by atoms with van der Waals surface area (Å²) in [5.74, 6) is 0.664. The van der Waals surface area contributed by atoms with Crippen LogP contribution in [0.25, 0.3) is 0 Å². The van der Waals surface area contributed by atoms with Gasteiger partial charge in [-0.15, -0.1) is 11.3 Å². The smallest absolute Gasteiger partial charge is 0.110 e. The average Bonchev–Trinajstić information content (AvgIpc) is 2.74. The van der Waals surface area contributed by atoms with E-state index in [1.54, 1.807) is 11.3 Å². The molecular weight excluding hydrogens is 192 g/mol. The Morgan fingerprint density at radius 3 is 2.79 bits per heavy atom. The summed E-state index contributed by atoms with van der Waals surface area (Å²) in [7, 11) is 0. The van der Waals surface area contributed by atoms with Gasteiger partial charge in [-0.2, -0.15) is 0 Å². The van der Waals surface area contributed by atoms with Gasteiger partial charge in [0.05, 0.1) is 10.7 Å². The molecule has 0 amide bonds. The minimum absolute atomic E-state index is 0.664. The quantitative estimate of drug-likeness (QED) is 0.831. The zero-order valence-corrected chi connectivity index (χ0v) is 9.57. The SMILES string of the molecule is CCCc1nc(C2CCCC2)c(N)s1. The highest BCUT2D eigenvalue weighted by molar-refractivity contribution is 7.15. The van der Waals surface area contributed by atoms with E-state index in [1.807, 2.05) is 0 Å². The van der Waals surface area contributed by atoms with E-state index in [2.05, 4.69) is 11.9 Å². The molecule has 2 N–H and O–H groups in total. The van der Waals surface area contributed by atoms with Crippen molar-refractivity contribution in [2.45, 2.75) is 51.4 Å². The van der Waals surface area contributed by atoms with Gasteiger partial charge in [-0.1, -0.05) is 19.8 Å². The van der Waals surface area contributed by atoms with Crippen molar-refractivity contribution in [1.29, 1.82) is 0 Å². The van der Waals surface area contributed by atoms with E-state index in [-0.39, 0.29) is 0 Å². The van der Waals surface area contributed by atoms with Crippen LogP contribution in [0.15, 0.2) is 0 Å². The number of rotatable bonds is 3. The lowest BCUT2D eigenvalue weighted by atomic mass is 10.1. The van der Waals surface area contributed by atoms with Gasteiger partial charge in [0.2, 0.25) is 0 Å². The molecule has 0 spiro atoms. The Kier molecular flexibility index (Phi) is 3.06. The van der Waals surface area contributed by atoms with Crippen molar-refractivity contribution in [1.82, 2.24) is 4.98 Å². The summed E-state index contributed by atoms with van der Waals surface area (Å²) < 4.78 is 0. The molecule has 0 aliphatic heterocycles. The fourth-order valence-corrected chi connectivity index (χ4v) is 3.22. The first-order valence-corrected chi connectivity index (χ1v) is 6.38. The van der Waals surface area contributed by atoms with Crippen molar-refractivity contribution in [2.24, 2.45) is 0 Å². The zero-order valence-electron chi connectivity index (χ0n) is 8.75. The summed E-state index contributed by atoms with van der Waals surface area (Å²) in [6.07, 6.45) is 7.53. The molecule has 14 heavy (non-hydrogen) atoms. The highest BCUT2D eigenvalue weighted by Crippen LogP contribution is 2.38. The Morgan fingerprint density at radius 1 is 1.43 bits per heavy atom. The fourth-order valence-electron chi connectivity index (χ4n) is 2.20. The van der Waals surface area contributed by atoms with Crippen LogP contribution in [0.5, 0.6) is 0 Å². The van der Waals surface area contributed by atoms with Gasteiger partial charge < -0.3 is 5.73 Å². The fraction of sp³-hybridized carbons (Fsp3) is 0.727. The third-order valence-corrected chi connectivity index (χ3v) is 3.89. The van der Waals surface area contributed by atoms with E-state index in [4.69, 9.17) is 5.73 Å². The molecule has 78 valence electrons. The van der Waals surface area contributed by atoms with Gasteiger partial charge in [0, 0.05) is 5.92 Å². The van der Waals surface area contributed by atoms with Gasteiger partial charge in [0.1, 0.15) is 5.00 Å². The lowest BCUT2D eigenvalue weighted by Gasteiger charge is -2.05. The molecule has 0 radical (unpaired) electrons. The highest BCUT2D eigenvalue weighted by Gasteiger charge is 2.22. The molecule has 0 saturated heterocycles. The lowest BCUT2D eigenvalue weighted by molar-refractivity contribution is 0.700. The molecule has 0 bridgehead atoms. The van der Waals surface area contributed by atoms with Crippen LogP contribution in [0.3, 0.4) is 0 Å². The first-order chi connectivity index (χ1) is 6.81. The van der Waals surface area contributed by atoms with Crippen molar-refractivity contribution in [3.63, 3.8) is 0 Å². The largest absolute Gasteiger partial charge is 0.389 e. The minimum Gasteiger partial charge on any atom is -0.389 e. The molecule has 1 aromatic rings. The van der Waals surface area contributed by atoms with Crippen LogP contribution in [0, 0.1) is 0 Å². The van der Waals surface area contributed by atoms with E-state index in [0.717, 1.165) is 17.8 Å². The first kappa shape index (κ1) is 9.97. The lowest BCUT2D eigenvalue weighted by Crippen LogP contribution is -1.97. The molecule has 1 aliphatic rings. The Labute approximate surface area is 89.5 Å². The monoisotopic (exact) mass is 210 g/mol. The van der Waals surface area contributed by atoms with Crippen molar-refractivity contribution in [3.05, 3.63) is 10.7 Å². The molecule has 0 aromatic carbocycles. The maximum Gasteiger partial charge on any atom is 0.110 e. The summed E-state index contributed by atoms with van der Waals surface area (Å²) in [5, 5.41) is 2.20. The standard InChI is InChI=1S/C11H18N2S/c1-2-5-9-13-10(11(12)14-9)8-6-3-4-7-8/h8H,2-7,12H2,1H3. The third kappa shape index (κ3) is 1.92. The number of anilines is 1. The number of aromatic nitrogens is 1. The van der Waals surface area contributed by atoms with Crippen LogP contribution in [0.2, 0.25) is 0 Å². The maximum atomic E-state index is 6.01. The summed E-state index contributed by atoms with van der Waals surface area (Å²) in [4.78, 5) is 4.68. The van der Waals surface area contributed by atoms with Gasteiger partial charge in [0.25, 0.3) is 0 Å². The molecule has 1 aromatic heterocycles. The van der Waals surface area contributed by atoms with Crippen LogP contribution in [0.1, 0.15) is 55.6 Å². The van der Waals surface area contributed by atoms with E-state index < -0.39 is 0 Å². The molecular formula is C11H18N2S. The molecule has 2 nitrogen and oxygen atoms in total. The summed E-state index contributed by atoms with van der Waals surface area (Å²) in [5.41, 5.74) is 7.21. The number of hydrogen-bond donors (Lipinski definition) is 1. The van der Waals surface area contributed by atoms with Gasteiger partial charge in [-0.05, 0) is 25.7 Å². The second-order valence-corrected chi connectivity index (χ2v) is 5.20. The average molecular weight is 210 g/mol. The minimum atomic E-state index is 0.664. The third-order valence-electron chi connectivity index (χ3n) is 2.93. The molecule has 1 fully saturated rings. The van der Waals surface area contributed by atoms with Crippen LogP contribution in [-0.4, -0.2) is 4.98 Å². The number of thiazole rings is 1. The topological polar surface area (TPSA) is 38.9 Å². The van der Waals surface area contributed by atoms with E-state index in [9.17, 15) is 0 Å². The zero-order chi connectivity index (χ0) is 9.97. The van der Waals surface area contributed by atoms with Gasteiger partial charge >= 0.3 is 0 Å². The van der Waals surface area contributed by atoms with Crippen LogP contribution in [0.4, 0.5) is 5.00 Å². The van der Waals surface area contributed by atoms with E-state index in [1.165, 1.54) is 36.4 Å². The van der Waals surface area contributed by atoms with Gasteiger partial charge in [0.15, 0.2) is 0 Å². The Bertz CT molecular complexity index is 300. The predicted molar refractivity (Wildman–Crippen MR) is 61.7 cm³/mol. The number of aryl methyl sites for hydroxylation is 1. The summed E-state index contributed by atoms with van der Waals surface area (Å²) in [6.45, 7) is 2.19. The molecule has 1 aliphatic carbocycles. The number of hydrogen-bond acceptors (Lipinski definition) is 3. The molecule has 1 heterocycles. The van der Waals surface area contributed by atoms with Gasteiger partial charge in [-0.25, -0.2) is 4.98 Å². The second-order valence-electron chi connectivity index (χ2n) is 4.09. The van der Waals surface area contributed by atoms with Crippen LogP contribution >= 0.6 is 11.3 Å². The predicted octanol–water partition coefficient (Wildman–Crippen LogP) is 3.34. The first-order valence-electron chi connectivity index (χ1n) is 5.56. The number of nitrogens with zero attached hydrogens (tertiary/aromatic N) is 1. The van der Waals surface area contributed by atoms with Crippen molar-refractivity contribution in [3.8, 4) is 0 Å². The molecule has 1 saturated carbocycles. The highest BCUT2D eigenvalue weighted by atomic mass is 32.1. The van der Waals surface area contributed by atoms with Crippen molar-refractivity contribution in [2.75, 3.05) is 5.73 Å². The van der Waals surface area contributed by atoms with Crippen LogP contribution < -0.4 is 5.73 Å². The Hall–Kier alpha value is -0.570. The summed E-state index contributed by atoms with van der Waals surface area (Å²) in [6, 6.07) is 0.